The van der Waals surface area contributed by atoms with Crippen LogP contribution in [0.3, 0.4) is 0 Å². The maximum Gasteiger partial charge on any atom is 0.0794 e. The summed E-state index contributed by atoms with van der Waals surface area (Å²) in [5.74, 6) is 0.829. The monoisotopic (exact) mass is 319 g/mol. The molecule has 1 heterocycles. The molecule has 1 aromatic carbocycles. The average Bonchev–Trinajstić information content (AvgIpc) is 2.90. The zero-order valence-electron chi connectivity index (χ0n) is 9.57. The Labute approximate surface area is 126 Å². The van der Waals surface area contributed by atoms with Gasteiger partial charge in [-0.15, -0.1) is 34.5 Å². The van der Waals surface area contributed by atoms with Gasteiger partial charge in [-0.1, -0.05) is 29.8 Å². The summed E-state index contributed by atoms with van der Waals surface area (Å²) in [5, 5.41) is 2.72. The van der Waals surface area contributed by atoms with Crippen molar-refractivity contribution in [1.82, 2.24) is 4.98 Å². The molecule has 0 radical (unpaired) electrons. The molecule has 96 valence electrons. The predicted octanol–water partition coefficient (Wildman–Crippen LogP) is 4.75. The number of hydrogen-bond acceptors (Lipinski definition) is 2. The Morgan fingerprint density at radius 3 is 2.44 bits per heavy atom. The van der Waals surface area contributed by atoms with Crippen LogP contribution in [0.25, 0.3) is 0 Å². The lowest BCUT2D eigenvalue weighted by molar-refractivity contribution is 0.530. The van der Waals surface area contributed by atoms with Gasteiger partial charge in [0.05, 0.1) is 11.2 Å². The van der Waals surface area contributed by atoms with E-state index in [4.69, 9.17) is 34.8 Å². The maximum atomic E-state index is 6.27. The molecule has 0 spiro atoms. The van der Waals surface area contributed by atoms with Crippen molar-refractivity contribution in [3.8, 4) is 0 Å². The minimum Gasteiger partial charge on any atom is -0.250 e. The summed E-state index contributed by atoms with van der Waals surface area (Å²) >= 11 is 20.2. The topological polar surface area (TPSA) is 12.9 Å². The van der Waals surface area contributed by atoms with Crippen molar-refractivity contribution in [3.05, 3.63) is 51.4 Å². The van der Waals surface area contributed by atoms with E-state index in [1.807, 2.05) is 35.2 Å². The molecule has 0 aliphatic heterocycles. The van der Waals surface area contributed by atoms with E-state index in [0.29, 0.717) is 23.2 Å². The minimum atomic E-state index is -0.366. The van der Waals surface area contributed by atoms with Crippen molar-refractivity contribution in [2.75, 3.05) is 11.8 Å². The fraction of sp³-hybridized carbons (Fsp3) is 0.308. The molecule has 5 heteroatoms. The number of hydrogen-bond donors (Lipinski definition) is 0. The van der Waals surface area contributed by atoms with Gasteiger partial charge in [-0.3, -0.25) is 0 Å². The van der Waals surface area contributed by atoms with Crippen LogP contribution in [0.5, 0.6) is 0 Å². The molecule has 2 aromatic rings. The number of halogens is 3. The second kappa shape index (κ2) is 6.25. The summed E-state index contributed by atoms with van der Waals surface area (Å²) < 4.78 is 0. The second-order valence-electron chi connectivity index (χ2n) is 4.18. The highest BCUT2D eigenvalue weighted by molar-refractivity contribution is 7.07. The Morgan fingerprint density at radius 1 is 1.17 bits per heavy atom. The minimum absolute atomic E-state index is 0.366. The third kappa shape index (κ3) is 2.83. The molecular formula is C13H12Cl3NS. The summed E-state index contributed by atoms with van der Waals surface area (Å²) in [6.07, 6.45) is 0.702. The first kappa shape index (κ1) is 14.1. The zero-order chi connectivity index (χ0) is 13.0. The molecular weight excluding hydrogens is 309 g/mol. The van der Waals surface area contributed by atoms with Crippen LogP contribution in [0.2, 0.25) is 5.02 Å². The van der Waals surface area contributed by atoms with E-state index in [9.17, 15) is 0 Å². The molecule has 1 aromatic heterocycles. The second-order valence-corrected chi connectivity index (χ2v) is 5.84. The molecule has 0 atom stereocenters. The quantitative estimate of drug-likeness (QED) is 0.724. The molecule has 1 nitrogen and oxygen atoms in total. The Kier molecular flexibility index (Phi) is 4.91. The van der Waals surface area contributed by atoms with E-state index in [1.54, 1.807) is 11.3 Å². The predicted molar refractivity (Wildman–Crippen MR) is 80.4 cm³/mol. The number of rotatable bonds is 5. The van der Waals surface area contributed by atoms with E-state index >= 15 is 0 Å². The van der Waals surface area contributed by atoms with Gasteiger partial charge in [0.15, 0.2) is 0 Å². The zero-order valence-corrected chi connectivity index (χ0v) is 12.7. The van der Waals surface area contributed by atoms with Gasteiger partial charge < -0.3 is 0 Å². The summed E-state index contributed by atoms with van der Waals surface area (Å²) in [5.41, 5.74) is 3.44. The van der Waals surface area contributed by atoms with Crippen LogP contribution in [0.15, 0.2) is 35.2 Å². The third-order valence-corrected chi connectivity index (χ3v) is 4.95. The molecule has 0 amide bonds. The van der Waals surface area contributed by atoms with Crippen molar-refractivity contribution >= 4 is 46.1 Å². The van der Waals surface area contributed by atoms with Crippen LogP contribution in [-0.4, -0.2) is 16.7 Å². The van der Waals surface area contributed by atoms with Crippen molar-refractivity contribution in [2.45, 2.75) is 11.8 Å². The lowest BCUT2D eigenvalue weighted by Crippen LogP contribution is -2.33. The molecule has 0 aliphatic rings. The van der Waals surface area contributed by atoms with Crippen molar-refractivity contribution in [3.63, 3.8) is 0 Å². The number of alkyl halides is 2. The first-order chi connectivity index (χ1) is 8.72. The number of nitrogens with zero attached hydrogens (tertiary/aromatic N) is 1. The standard InChI is InChI=1S/C13H12Cl3NS/c14-7-13(8-15,5-10-6-18-9-17-10)11-3-1-2-4-12(11)16/h1-4,6,9H,5,7-8H2. The molecule has 18 heavy (non-hydrogen) atoms. The lowest BCUT2D eigenvalue weighted by Gasteiger charge is -2.30. The molecule has 0 N–H and O–H groups in total. The molecule has 0 bridgehead atoms. The fourth-order valence-corrected chi connectivity index (χ4v) is 3.59. The van der Waals surface area contributed by atoms with E-state index in [1.165, 1.54) is 0 Å². The van der Waals surface area contributed by atoms with Crippen molar-refractivity contribution in [1.29, 1.82) is 0 Å². The average molecular weight is 321 g/mol. The Hall–Kier alpha value is -0.280. The van der Waals surface area contributed by atoms with E-state index < -0.39 is 0 Å². The number of thiazole rings is 1. The lowest BCUT2D eigenvalue weighted by atomic mass is 9.80. The first-order valence-corrected chi connectivity index (χ1v) is 7.85. The van der Waals surface area contributed by atoms with Crippen LogP contribution in [0.1, 0.15) is 11.3 Å². The number of benzene rings is 1. The van der Waals surface area contributed by atoms with Crippen LogP contribution in [-0.2, 0) is 11.8 Å². The largest absolute Gasteiger partial charge is 0.250 e. The SMILES string of the molecule is ClCC(CCl)(Cc1cscn1)c1ccccc1Cl. The van der Waals surface area contributed by atoms with Gasteiger partial charge in [0, 0.05) is 34.0 Å². The maximum absolute atomic E-state index is 6.27. The molecule has 0 unspecified atom stereocenters. The highest BCUT2D eigenvalue weighted by atomic mass is 35.5. The number of aromatic nitrogens is 1. The smallest absolute Gasteiger partial charge is 0.0794 e. The van der Waals surface area contributed by atoms with Gasteiger partial charge >= 0.3 is 0 Å². The molecule has 0 saturated heterocycles. The van der Waals surface area contributed by atoms with E-state index in [0.717, 1.165) is 11.3 Å². The van der Waals surface area contributed by atoms with Gasteiger partial charge in [-0.05, 0) is 11.6 Å². The van der Waals surface area contributed by atoms with Crippen LogP contribution < -0.4 is 0 Å². The van der Waals surface area contributed by atoms with Gasteiger partial charge in [0.1, 0.15) is 0 Å². The van der Waals surface area contributed by atoms with Gasteiger partial charge in [-0.2, -0.15) is 0 Å². The molecule has 2 rings (SSSR count). The van der Waals surface area contributed by atoms with E-state index in [2.05, 4.69) is 4.98 Å². The Bertz CT molecular complexity index is 495. The Morgan fingerprint density at radius 2 is 1.89 bits per heavy atom. The van der Waals surface area contributed by atoms with Crippen molar-refractivity contribution < 1.29 is 0 Å². The fourth-order valence-electron chi connectivity index (χ4n) is 1.93. The van der Waals surface area contributed by atoms with Crippen molar-refractivity contribution in [2.24, 2.45) is 0 Å². The van der Waals surface area contributed by atoms with Gasteiger partial charge in [0.25, 0.3) is 0 Å². The highest BCUT2D eigenvalue weighted by Crippen LogP contribution is 2.35. The summed E-state index contributed by atoms with van der Waals surface area (Å²) in [7, 11) is 0. The summed E-state index contributed by atoms with van der Waals surface area (Å²) in [6.45, 7) is 0. The highest BCUT2D eigenvalue weighted by Gasteiger charge is 2.33. The van der Waals surface area contributed by atoms with Crippen LogP contribution in [0.4, 0.5) is 0 Å². The molecule has 0 aliphatic carbocycles. The summed E-state index contributed by atoms with van der Waals surface area (Å²) in [4.78, 5) is 4.31. The van der Waals surface area contributed by atoms with Gasteiger partial charge in [0.2, 0.25) is 0 Å². The van der Waals surface area contributed by atoms with Gasteiger partial charge in [-0.25, -0.2) is 4.98 Å². The van der Waals surface area contributed by atoms with Crippen LogP contribution in [0, 0.1) is 0 Å². The normalized spacial score (nSPS) is 11.7. The third-order valence-electron chi connectivity index (χ3n) is 2.96. The molecule has 0 fully saturated rings. The molecule has 0 saturated carbocycles. The Balaban J connectivity index is 2.40. The first-order valence-electron chi connectivity index (χ1n) is 5.46. The summed E-state index contributed by atoms with van der Waals surface area (Å²) in [6, 6.07) is 7.71. The van der Waals surface area contributed by atoms with Crippen LogP contribution >= 0.6 is 46.1 Å². The van der Waals surface area contributed by atoms with E-state index in [-0.39, 0.29) is 5.41 Å².